The first-order chi connectivity index (χ1) is 21.9. The molecule has 1 rings (SSSR count). The van der Waals surface area contributed by atoms with E-state index in [1.807, 2.05) is 0 Å². The van der Waals surface area contributed by atoms with Gasteiger partial charge in [0.15, 0.2) is 49.2 Å². The molecule has 19 heteroatoms. The SMILES string of the molecule is CC(=O)OC[C@H]1O[C@H](O[C@@H]([C@H](OC(C)=O)[C@@H](COC(C)=O)OC(C)=O)[C@H](C=O)OC(C)=O)[C@H](OC(C)=O)[C@@H](OC(C)=O)[C@@H]1OC(C)=O. The summed E-state index contributed by atoms with van der Waals surface area (Å²) in [5, 5.41) is 0. The molecule has 1 aliphatic rings. The van der Waals surface area contributed by atoms with Gasteiger partial charge in [0.25, 0.3) is 0 Å². The molecule has 0 aliphatic carbocycles. The van der Waals surface area contributed by atoms with E-state index < -0.39 is 116 Å². The quantitative estimate of drug-likeness (QED) is 0.108. The summed E-state index contributed by atoms with van der Waals surface area (Å²) in [6.07, 6.45) is -16.2. The number of hydrogen-bond acceptors (Lipinski definition) is 19. The molecule has 1 heterocycles. The molecule has 0 aromatic carbocycles. The summed E-state index contributed by atoms with van der Waals surface area (Å²) in [6, 6.07) is 0. The maximum absolute atomic E-state index is 12.3. The zero-order valence-corrected chi connectivity index (χ0v) is 26.9. The van der Waals surface area contributed by atoms with E-state index in [0.29, 0.717) is 0 Å². The fraction of sp³-hybridized carbons (Fsp3) is 0.679. The van der Waals surface area contributed by atoms with Crippen LogP contribution in [0.3, 0.4) is 0 Å². The molecule has 0 bridgehead atoms. The fourth-order valence-electron chi connectivity index (χ4n) is 4.31. The lowest BCUT2D eigenvalue weighted by molar-refractivity contribution is -0.329. The standard InChI is InChI=1S/C28H38O19/c1-12(30)38-10-21(41-15(4)33)24(42-16(5)34)23(20(9-29)40-14(3)32)47-28-27(45-19(8)37)26(44-18(7)36)25(43-17(6)35)22(46-28)11-39-13(2)31/h9,20-28H,10-11H2,1-8H3/t20-,21+,22+,23+,24+,25+,26-,27+,28+/m0/s1. The summed E-state index contributed by atoms with van der Waals surface area (Å²) in [5.74, 6) is -7.60. The Balaban J connectivity index is 3.95. The maximum atomic E-state index is 12.3. The Morgan fingerprint density at radius 3 is 1.51 bits per heavy atom. The van der Waals surface area contributed by atoms with Gasteiger partial charge < -0.3 is 47.4 Å². The molecular formula is C28H38O19. The zero-order valence-electron chi connectivity index (χ0n) is 26.9. The minimum atomic E-state index is -2.01. The van der Waals surface area contributed by atoms with E-state index in [-0.39, 0.29) is 6.29 Å². The average Bonchev–Trinajstić information content (AvgIpc) is 2.92. The van der Waals surface area contributed by atoms with Gasteiger partial charge in [0.1, 0.15) is 25.4 Å². The van der Waals surface area contributed by atoms with Gasteiger partial charge in [-0.25, -0.2) is 0 Å². The molecule has 9 atom stereocenters. The number of aldehydes is 1. The number of esters is 8. The predicted molar refractivity (Wildman–Crippen MR) is 146 cm³/mol. The van der Waals surface area contributed by atoms with E-state index >= 15 is 0 Å². The minimum Gasteiger partial charge on any atom is -0.463 e. The Labute approximate surface area is 268 Å². The van der Waals surface area contributed by atoms with Crippen molar-refractivity contribution in [2.75, 3.05) is 13.2 Å². The molecule has 0 unspecified atom stereocenters. The Morgan fingerprint density at radius 2 is 1.06 bits per heavy atom. The molecule has 0 N–H and O–H groups in total. The monoisotopic (exact) mass is 678 g/mol. The Bertz CT molecular complexity index is 1180. The van der Waals surface area contributed by atoms with Crippen molar-refractivity contribution in [1.82, 2.24) is 0 Å². The average molecular weight is 679 g/mol. The third-order valence-electron chi connectivity index (χ3n) is 5.76. The molecule has 0 aromatic heterocycles. The van der Waals surface area contributed by atoms with Crippen LogP contribution in [0.25, 0.3) is 0 Å². The largest absolute Gasteiger partial charge is 0.463 e. The smallest absolute Gasteiger partial charge is 0.303 e. The lowest BCUT2D eigenvalue weighted by Gasteiger charge is -2.45. The molecule has 0 saturated carbocycles. The van der Waals surface area contributed by atoms with Crippen LogP contribution < -0.4 is 0 Å². The van der Waals surface area contributed by atoms with Crippen LogP contribution in [0.5, 0.6) is 0 Å². The Hall–Kier alpha value is -4.65. The van der Waals surface area contributed by atoms with E-state index in [0.717, 1.165) is 55.4 Å². The number of rotatable bonds is 16. The highest BCUT2D eigenvalue weighted by atomic mass is 16.8. The second-order valence-corrected chi connectivity index (χ2v) is 9.90. The molecule has 0 radical (unpaired) electrons. The van der Waals surface area contributed by atoms with Gasteiger partial charge in [-0.2, -0.15) is 0 Å². The van der Waals surface area contributed by atoms with E-state index in [4.69, 9.17) is 47.4 Å². The van der Waals surface area contributed by atoms with Gasteiger partial charge in [-0.15, -0.1) is 0 Å². The van der Waals surface area contributed by atoms with Crippen molar-refractivity contribution in [2.45, 2.75) is 111 Å². The lowest BCUT2D eigenvalue weighted by Crippen LogP contribution is -2.65. The van der Waals surface area contributed by atoms with Crippen molar-refractivity contribution < 1.29 is 90.5 Å². The summed E-state index contributed by atoms with van der Waals surface area (Å²) in [5.41, 5.74) is 0. The fourth-order valence-corrected chi connectivity index (χ4v) is 4.31. The van der Waals surface area contributed by atoms with Crippen LogP contribution >= 0.6 is 0 Å². The van der Waals surface area contributed by atoms with Crippen molar-refractivity contribution in [3.05, 3.63) is 0 Å². The topological polar surface area (TPSA) is 246 Å². The van der Waals surface area contributed by atoms with Crippen LogP contribution in [0.1, 0.15) is 55.4 Å². The molecule has 0 aromatic rings. The van der Waals surface area contributed by atoms with E-state index in [1.54, 1.807) is 0 Å². The van der Waals surface area contributed by atoms with Crippen LogP contribution in [-0.2, 0) is 90.5 Å². The van der Waals surface area contributed by atoms with E-state index in [2.05, 4.69) is 0 Å². The van der Waals surface area contributed by atoms with Crippen molar-refractivity contribution >= 4 is 54.0 Å². The van der Waals surface area contributed by atoms with Crippen LogP contribution in [0.2, 0.25) is 0 Å². The third kappa shape index (κ3) is 14.1. The Kier molecular flexibility index (Phi) is 16.4. The van der Waals surface area contributed by atoms with Gasteiger partial charge in [0, 0.05) is 55.4 Å². The molecule has 0 spiro atoms. The van der Waals surface area contributed by atoms with Gasteiger partial charge in [0.2, 0.25) is 0 Å². The van der Waals surface area contributed by atoms with Crippen LogP contribution in [0, 0.1) is 0 Å². The maximum Gasteiger partial charge on any atom is 0.303 e. The molecule has 1 fully saturated rings. The number of carbonyl (C=O) groups excluding carboxylic acids is 9. The van der Waals surface area contributed by atoms with Gasteiger partial charge >= 0.3 is 47.8 Å². The van der Waals surface area contributed by atoms with E-state index in [1.165, 1.54) is 0 Å². The first-order valence-corrected chi connectivity index (χ1v) is 13.9. The van der Waals surface area contributed by atoms with Crippen molar-refractivity contribution in [1.29, 1.82) is 0 Å². The summed E-state index contributed by atoms with van der Waals surface area (Å²) < 4.78 is 53.4. The summed E-state index contributed by atoms with van der Waals surface area (Å²) >= 11 is 0. The highest BCUT2D eigenvalue weighted by Gasteiger charge is 2.55. The summed E-state index contributed by atoms with van der Waals surface area (Å²) in [7, 11) is 0. The lowest BCUT2D eigenvalue weighted by atomic mass is 9.97. The number of carbonyl (C=O) groups is 9. The second kappa shape index (κ2) is 19.1. The molecular weight excluding hydrogens is 640 g/mol. The minimum absolute atomic E-state index is 0.0600. The summed E-state index contributed by atoms with van der Waals surface area (Å²) in [4.78, 5) is 108. The van der Waals surface area contributed by atoms with Crippen molar-refractivity contribution in [3.8, 4) is 0 Å². The molecule has 1 aliphatic heterocycles. The van der Waals surface area contributed by atoms with Crippen LogP contribution in [0.4, 0.5) is 0 Å². The van der Waals surface area contributed by atoms with Crippen LogP contribution in [-0.4, -0.2) is 122 Å². The molecule has 19 nitrogen and oxygen atoms in total. The molecule has 264 valence electrons. The number of ether oxygens (including phenoxy) is 10. The molecule has 0 amide bonds. The van der Waals surface area contributed by atoms with Crippen molar-refractivity contribution in [2.24, 2.45) is 0 Å². The highest BCUT2D eigenvalue weighted by molar-refractivity contribution is 5.71. The normalized spacial score (nSPS) is 22.9. The number of hydrogen-bond donors (Lipinski definition) is 0. The van der Waals surface area contributed by atoms with Gasteiger partial charge in [0.05, 0.1) is 0 Å². The predicted octanol–water partition coefficient (Wildman–Crippen LogP) is -0.988. The van der Waals surface area contributed by atoms with E-state index in [9.17, 15) is 43.2 Å². The first kappa shape index (κ1) is 40.4. The van der Waals surface area contributed by atoms with Gasteiger partial charge in [-0.3, -0.25) is 43.2 Å². The molecule has 47 heavy (non-hydrogen) atoms. The van der Waals surface area contributed by atoms with Crippen LogP contribution in [0.15, 0.2) is 0 Å². The van der Waals surface area contributed by atoms with Gasteiger partial charge in [-0.1, -0.05) is 0 Å². The Morgan fingerprint density at radius 1 is 0.574 bits per heavy atom. The molecule has 1 saturated heterocycles. The van der Waals surface area contributed by atoms with Crippen molar-refractivity contribution in [3.63, 3.8) is 0 Å². The summed E-state index contributed by atoms with van der Waals surface area (Å²) in [6.45, 7) is 6.39. The second-order valence-electron chi connectivity index (χ2n) is 9.90. The van der Waals surface area contributed by atoms with Gasteiger partial charge in [-0.05, 0) is 0 Å². The first-order valence-electron chi connectivity index (χ1n) is 13.9. The zero-order chi connectivity index (χ0) is 36.0. The highest BCUT2D eigenvalue weighted by Crippen LogP contribution is 2.32. The third-order valence-corrected chi connectivity index (χ3v) is 5.76.